The second-order valence-electron chi connectivity index (χ2n) is 4.82. The third-order valence-corrected chi connectivity index (χ3v) is 3.47. The normalized spacial score (nSPS) is 11.8. The molecular weight excluding hydrogens is 360 g/mol. The number of ketones is 1. The van der Waals surface area contributed by atoms with Gasteiger partial charge < -0.3 is 5.32 Å². The lowest BCUT2D eigenvalue weighted by Gasteiger charge is -2.10. The van der Waals surface area contributed by atoms with Crippen LogP contribution in [0.3, 0.4) is 0 Å². The van der Waals surface area contributed by atoms with Gasteiger partial charge in [0.1, 0.15) is 17.5 Å². The average molecular weight is 369 g/mol. The van der Waals surface area contributed by atoms with Crippen molar-refractivity contribution in [2.45, 2.75) is 6.18 Å². The van der Waals surface area contributed by atoms with Gasteiger partial charge in [0.05, 0.1) is 10.6 Å². The van der Waals surface area contributed by atoms with Crippen molar-refractivity contribution in [2.24, 2.45) is 0 Å². The molecule has 0 saturated heterocycles. The minimum Gasteiger partial charge on any atom is -0.360 e. The van der Waals surface area contributed by atoms with E-state index in [0.29, 0.717) is 12.1 Å². The number of alkyl halides is 3. The van der Waals surface area contributed by atoms with E-state index in [1.54, 1.807) is 18.2 Å². The molecule has 0 saturated carbocycles. The fourth-order valence-electron chi connectivity index (χ4n) is 1.93. The van der Waals surface area contributed by atoms with Crippen LogP contribution in [-0.2, 0) is 6.18 Å². The van der Waals surface area contributed by atoms with Gasteiger partial charge in [-0.1, -0.05) is 23.7 Å². The van der Waals surface area contributed by atoms with Crippen LogP contribution in [0.5, 0.6) is 0 Å². The molecule has 1 N–H and O–H groups in total. The monoisotopic (exact) mass is 368 g/mol. The summed E-state index contributed by atoms with van der Waals surface area (Å²) in [5.74, 6) is -2.12. The topological polar surface area (TPSA) is 52.9 Å². The molecule has 0 aliphatic carbocycles. The standard InChI is InChI=1S/C17H9ClF4N2O/c18-14-4-2-1-3-12(14)16(25)10(8-23)9-24-11-5-6-15(19)13(7-11)17(20,21)22/h1-7,9,24H/b10-9+. The Morgan fingerprint density at radius 2 is 1.88 bits per heavy atom. The molecule has 0 aliphatic rings. The lowest BCUT2D eigenvalue weighted by Crippen LogP contribution is -2.09. The van der Waals surface area contributed by atoms with Crippen LogP contribution >= 0.6 is 11.6 Å². The van der Waals surface area contributed by atoms with Crippen LogP contribution < -0.4 is 5.32 Å². The van der Waals surface area contributed by atoms with Gasteiger partial charge in [-0.05, 0) is 30.3 Å². The first kappa shape index (κ1) is 18.5. The molecule has 0 spiro atoms. The van der Waals surface area contributed by atoms with Crippen molar-refractivity contribution >= 4 is 23.1 Å². The Balaban J connectivity index is 2.30. The Morgan fingerprint density at radius 3 is 2.48 bits per heavy atom. The Morgan fingerprint density at radius 1 is 1.20 bits per heavy atom. The van der Waals surface area contributed by atoms with Crippen molar-refractivity contribution in [2.75, 3.05) is 5.32 Å². The minimum atomic E-state index is -4.86. The number of Topliss-reactive ketones (excluding diaryl/α,β-unsaturated/α-hetero) is 1. The maximum Gasteiger partial charge on any atom is 0.419 e. The number of nitrogens with one attached hydrogen (secondary N) is 1. The first-order valence-electron chi connectivity index (χ1n) is 6.77. The number of halogens is 5. The van der Waals surface area contributed by atoms with Gasteiger partial charge in [-0.25, -0.2) is 4.39 Å². The van der Waals surface area contributed by atoms with Gasteiger partial charge in [-0.2, -0.15) is 18.4 Å². The number of anilines is 1. The number of carbonyl (C=O) groups excluding carboxylic acids is 1. The second kappa shape index (κ2) is 7.36. The quantitative estimate of drug-likeness (QED) is 0.349. The third kappa shape index (κ3) is 4.37. The molecule has 2 rings (SSSR count). The largest absolute Gasteiger partial charge is 0.419 e. The van der Waals surface area contributed by atoms with Crippen molar-refractivity contribution in [3.05, 3.63) is 76.2 Å². The molecule has 25 heavy (non-hydrogen) atoms. The van der Waals surface area contributed by atoms with E-state index < -0.39 is 23.3 Å². The lowest BCUT2D eigenvalue weighted by atomic mass is 10.1. The van der Waals surface area contributed by atoms with Gasteiger partial charge in [0.2, 0.25) is 5.78 Å². The SMILES string of the molecule is N#C/C(=C\Nc1ccc(F)c(C(F)(F)F)c1)C(=O)c1ccccc1Cl. The van der Waals surface area contributed by atoms with Gasteiger partial charge in [-0.15, -0.1) is 0 Å². The van der Waals surface area contributed by atoms with Crippen LogP contribution in [0.2, 0.25) is 5.02 Å². The minimum absolute atomic E-state index is 0.0776. The van der Waals surface area contributed by atoms with E-state index >= 15 is 0 Å². The summed E-state index contributed by atoms with van der Waals surface area (Å²) < 4.78 is 51.3. The predicted octanol–water partition coefficient (Wildman–Crippen LogP) is 5.20. The molecule has 8 heteroatoms. The molecule has 0 amide bonds. The summed E-state index contributed by atoms with van der Waals surface area (Å²) >= 11 is 5.88. The zero-order valence-corrected chi connectivity index (χ0v) is 13.1. The van der Waals surface area contributed by atoms with Crippen molar-refractivity contribution in [1.82, 2.24) is 0 Å². The van der Waals surface area contributed by atoms with Crippen LogP contribution in [0, 0.1) is 17.1 Å². The molecule has 0 unspecified atom stereocenters. The summed E-state index contributed by atoms with van der Waals surface area (Å²) in [6.07, 6.45) is -3.92. The Bertz CT molecular complexity index is 885. The van der Waals surface area contributed by atoms with Crippen LogP contribution in [0.4, 0.5) is 23.2 Å². The third-order valence-electron chi connectivity index (χ3n) is 3.14. The second-order valence-corrected chi connectivity index (χ2v) is 5.22. The number of hydrogen-bond donors (Lipinski definition) is 1. The van der Waals surface area contributed by atoms with E-state index in [1.807, 2.05) is 0 Å². The van der Waals surface area contributed by atoms with E-state index in [4.69, 9.17) is 16.9 Å². The molecule has 2 aromatic carbocycles. The summed E-state index contributed by atoms with van der Waals surface area (Å²) in [7, 11) is 0. The zero-order valence-electron chi connectivity index (χ0n) is 12.4. The van der Waals surface area contributed by atoms with Gasteiger partial charge >= 0.3 is 6.18 Å². The first-order chi connectivity index (χ1) is 11.7. The van der Waals surface area contributed by atoms with Crippen molar-refractivity contribution in [3.8, 4) is 6.07 Å². The number of nitriles is 1. The molecule has 3 nitrogen and oxygen atoms in total. The number of hydrogen-bond acceptors (Lipinski definition) is 3. The van der Waals surface area contributed by atoms with Crippen molar-refractivity contribution in [3.63, 3.8) is 0 Å². The number of carbonyl (C=O) groups is 1. The van der Waals surface area contributed by atoms with Gasteiger partial charge in [0.25, 0.3) is 0 Å². The fraction of sp³-hybridized carbons (Fsp3) is 0.0588. The predicted molar refractivity (Wildman–Crippen MR) is 84.5 cm³/mol. The van der Waals surface area contributed by atoms with Gasteiger partial charge in [0, 0.05) is 17.5 Å². The van der Waals surface area contributed by atoms with Gasteiger partial charge in [0.15, 0.2) is 0 Å². The molecule has 0 fully saturated rings. The molecule has 0 heterocycles. The number of benzene rings is 2. The molecule has 0 aromatic heterocycles. The molecule has 0 atom stereocenters. The maximum absolute atomic E-state index is 13.2. The molecular formula is C17H9ClF4N2O. The van der Waals surface area contributed by atoms with E-state index in [-0.39, 0.29) is 21.8 Å². The van der Waals surface area contributed by atoms with Crippen molar-refractivity contribution in [1.29, 1.82) is 5.26 Å². The highest BCUT2D eigenvalue weighted by molar-refractivity contribution is 6.35. The highest BCUT2D eigenvalue weighted by atomic mass is 35.5. The highest BCUT2D eigenvalue weighted by Crippen LogP contribution is 2.33. The van der Waals surface area contributed by atoms with E-state index in [1.165, 1.54) is 12.1 Å². The Labute approximate surface area is 145 Å². The Hall–Kier alpha value is -2.85. The Kier molecular flexibility index (Phi) is 5.45. The molecule has 128 valence electrons. The summed E-state index contributed by atoms with van der Waals surface area (Å²) in [5.41, 5.74) is -1.88. The number of allylic oxidation sites excluding steroid dienone is 1. The molecule has 0 aliphatic heterocycles. The van der Waals surface area contributed by atoms with E-state index in [0.717, 1.165) is 12.3 Å². The number of rotatable bonds is 4. The van der Waals surface area contributed by atoms with E-state index in [2.05, 4.69) is 5.32 Å². The lowest BCUT2D eigenvalue weighted by molar-refractivity contribution is -0.139. The van der Waals surface area contributed by atoms with Crippen molar-refractivity contribution < 1.29 is 22.4 Å². The van der Waals surface area contributed by atoms with Crippen LogP contribution in [0.15, 0.2) is 54.2 Å². The fourth-order valence-corrected chi connectivity index (χ4v) is 2.15. The van der Waals surface area contributed by atoms with Gasteiger partial charge in [-0.3, -0.25) is 4.79 Å². The van der Waals surface area contributed by atoms with E-state index in [9.17, 15) is 22.4 Å². The number of nitrogens with zero attached hydrogens (tertiary/aromatic N) is 1. The smallest absolute Gasteiger partial charge is 0.360 e. The molecule has 2 aromatic rings. The maximum atomic E-state index is 13.2. The summed E-state index contributed by atoms with van der Waals surface area (Å²) in [6.45, 7) is 0. The van der Waals surface area contributed by atoms with Crippen LogP contribution in [0.1, 0.15) is 15.9 Å². The molecule has 0 radical (unpaired) electrons. The summed E-state index contributed by atoms with van der Waals surface area (Å²) in [5, 5.41) is 11.6. The summed E-state index contributed by atoms with van der Waals surface area (Å²) in [4.78, 5) is 12.2. The van der Waals surface area contributed by atoms with Crippen LogP contribution in [0.25, 0.3) is 0 Å². The zero-order chi connectivity index (χ0) is 18.6. The molecule has 0 bridgehead atoms. The average Bonchev–Trinajstić information content (AvgIpc) is 2.56. The summed E-state index contributed by atoms with van der Waals surface area (Å²) in [6, 6.07) is 9.91. The van der Waals surface area contributed by atoms with Crippen LogP contribution in [-0.4, -0.2) is 5.78 Å². The highest BCUT2D eigenvalue weighted by Gasteiger charge is 2.34. The first-order valence-corrected chi connectivity index (χ1v) is 7.14.